The first-order chi connectivity index (χ1) is 7.15. The average molecular weight is 335 g/mol. The molecule has 80 valence electrons. The highest BCUT2D eigenvalue weighted by atomic mass is 127. The van der Waals surface area contributed by atoms with Crippen molar-refractivity contribution in [2.24, 2.45) is 4.99 Å². The van der Waals surface area contributed by atoms with Gasteiger partial charge >= 0.3 is 0 Å². The Morgan fingerprint density at radius 3 is 2.93 bits per heavy atom. The summed E-state index contributed by atoms with van der Waals surface area (Å²) in [5.41, 5.74) is 0.949. The molecule has 0 bridgehead atoms. The van der Waals surface area contributed by atoms with Crippen molar-refractivity contribution >= 4 is 45.7 Å². The quantitative estimate of drug-likeness (QED) is 0.773. The highest BCUT2D eigenvalue weighted by molar-refractivity contribution is 14.1. The molecule has 1 atom stereocenters. The van der Waals surface area contributed by atoms with Gasteiger partial charge in [-0.25, -0.2) is 0 Å². The van der Waals surface area contributed by atoms with Gasteiger partial charge in [-0.1, -0.05) is 11.6 Å². The van der Waals surface area contributed by atoms with Crippen LogP contribution in [0.4, 0.5) is 5.69 Å². The van der Waals surface area contributed by atoms with Crippen LogP contribution in [0, 0.1) is 3.57 Å². The molecule has 1 aliphatic rings. The predicted molar refractivity (Wildman–Crippen MR) is 73.9 cm³/mol. The SMILES string of the molecule is CC1CCC(Nc2ccc(I)cc2Cl)=N1. The molecule has 0 aromatic heterocycles. The van der Waals surface area contributed by atoms with Crippen molar-refractivity contribution in [1.82, 2.24) is 0 Å². The number of hydrogen-bond donors (Lipinski definition) is 1. The third kappa shape index (κ3) is 2.84. The highest BCUT2D eigenvalue weighted by Crippen LogP contribution is 2.25. The van der Waals surface area contributed by atoms with Crippen molar-refractivity contribution in [2.45, 2.75) is 25.8 Å². The number of amidine groups is 1. The molecule has 0 amide bonds. The Labute approximate surface area is 108 Å². The van der Waals surface area contributed by atoms with Crippen LogP contribution in [-0.4, -0.2) is 11.9 Å². The number of benzene rings is 1. The molecule has 0 radical (unpaired) electrons. The van der Waals surface area contributed by atoms with Gasteiger partial charge in [0.2, 0.25) is 0 Å². The molecule has 1 aromatic carbocycles. The maximum Gasteiger partial charge on any atom is 0.101 e. The fourth-order valence-corrected chi connectivity index (χ4v) is 2.48. The molecule has 2 rings (SSSR count). The lowest BCUT2D eigenvalue weighted by molar-refractivity contribution is 0.739. The second kappa shape index (κ2) is 4.70. The molecule has 2 nitrogen and oxygen atoms in total. The summed E-state index contributed by atoms with van der Waals surface area (Å²) in [4.78, 5) is 4.49. The van der Waals surface area contributed by atoms with Gasteiger partial charge in [-0.2, -0.15) is 0 Å². The van der Waals surface area contributed by atoms with E-state index in [9.17, 15) is 0 Å². The van der Waals surface area contributed by atoms with Gasteiger partial charge in [0, 0.05) is 16.0 Å². The van der Waals surface area contributed by atoms with Crippen LogP contribution in [0.3, 0.4) is 0 Å². The van der Waals surface area contributed by atoms with E-state index < -0.39 is 0 Å². The van der Waals surface area contributed by atoms with E-state index in [1.54, 1.807) is 0 Å². The van der Waals surface area contributed by atoms with Gasteiger partial charge in [-0.15, -0.1) is 0 Å². The summed E-state index contributed by atoms with van der Waals surface area (Å²) in [6, 6.07) is 6.42. The molecule has 15 heavy (non-hydrogen) atoms. The molecule has 1 aliphatic heterocycles. The summed E-state index contributed by atoms with van der Waals surface area (Å²) >= 11 is 8.37. The van der Waals surface area contributed by atoms with E-state index in [1.807, 2.05) is 18.2 Å². The molecular weight excluding hydrogens is 322 g/mol. The van der Waals surface area contributed by atoms with E-state index >= 15 is 0 Å². The first-order valence-corrected chi connectivity index (χ1v) is 6.39. The summed E-state index contributed by atoms with van der Waals surface area (Å²) in [7, 11) is 0. The van der Waals surface area contributed by atoms with Crippen LogP contribution >= 0.6 is 34.2 Å². The van der Waals surface area contributed by atoms with Crippen molar-refractivity contribution in [3.63, 3.8) is 0 Å². The summed E-state index contributed by atoms with van der Waals surface area (Å²) in [6.07, 6.45) is 2.15. The third-order valence-electron chi connectivity index (χ3n) is 2.39. The number of halogens is 2. The van der Waals surface area contributed by atoms with Gasteiger partial charge in [0.05, 0.1) is 10.7 Å². The Morgan fingerprint density at radius 2 is 2.33 bits per heavy atom. The van der Waals surface area contributed by atoms with Crippen molar-refractivity contribution in [2.75, 3.05) is 5.32 Å². The number of nitrogens with zero attached hydrogens (tertiary/aromatic N) is 1. The van der Waals surface area contributed by atoms with Gasteiger partial charge in [0.1, 0.15) is 5.84 Å². The maximum absolute atomic E-state index is 6.12. The number of anilines is 1. The molecular formula is C11H12ClIN2. The van der Waals surface area contributed by atoms with Crippen molar-refractivity contribution < 1.29 is 0 Å². The minimum atomic E-state index is 0.440. The largest absolute Gasteiger partial charge is 0.343 e. The Morgan fingerprint density at radius 1 is 1.53 bits per heavy atom. The van der Waals surface area contributed by atoms with Gasteiger partial charge < -0.3 is 5.32 Å². The summed E-state index contributed by atoms with van der Waals surface area (Å²) in [5.74, 6) is 1.05. The molecule has 0 saturated heterocycles. The minimum absolute atomic E-state index is 0.440. The van der Waals surface area contributed by atoms with Gasteiger partial charge in [-0.05, 0) is 54.1 Å². The number of hydrogen-bond acceptors (Lipinski definition) is 2. The molecule has 0 fully saturated rings. The molecule has 4 heteroatoms. The first kappa shape index (κ1) is 11.2. The fraction of sp³-hybridized carbons (Fsp3) is 0.364. The highest BCUT2D eigenvalue weighted by Gasteiger charge is 2.13. The van der Waals surface area contributed by atoms with Crippen molar-refractivity contribution in [3.8, 4) is 0 Å². The molecule has 1 N–H and O–H groups in total. The van der Waals surface area contributed by atoms with Gasteiger partial charge in [-0.3, -0.25) is 4.99 Å². The Balaban J connectivity index is 2.14. The van der Waals surface area contributed by atoms with Crippen LogP contribution in [-0.2, 0) is 0 Å². The first-order valence-electron chi connectivity index (χ1n) is 4.94. The number of nitrogens with one attached hydrogen (secondary N) is 1. The van der Waals surface area contributed by atoms with E-state index in [2.05, 4.69) is 39.8 Å². The monoisotopic (exact) mass is 334 g/mol. The lowest BCUT2D eigenvalue weighted by Gasteiger charge is -2.07. The van der Waals surface area contributed by atoms with Gasteiger partial charge in [0.15, 0.2) is 0 Å². The molecule has 1 heterocycles. The summed E-state index contributed by atoms with van der Waals surface area (Å²) in [5, 5.41) is 4.04. The number of rotatable bonds is 1. The normalized spacial score (nSPS) is 20.2. The third-order valence-corrected chi connectivity index (χ3v) is 3.37. The zero-order valence-corrected chi connectivity index (χ0v) is 11.3. The van der Waals surface area contributed by atoms with Crippen LogP contribution in [0.2, 0.25) is 5.02 Å². The van der Waals surface area contributed by atoms with E-state index in [-0.39, 0.29) is 0 Å². The molecule has 0 aliphatic carbocycles. The van der Waals surface area contributed by atoms with E-state index in [0.29, 0.717) is 6.04 Å². The summed E-state index contributed by atoms with van der Waals surface area (Å²) < 4.78 is 1.14. The molecule has 1 unspecified atom stereocenters. The maximum atomic E-state index is 6.12. The standard InChI is InChI=1S/C11H12ClIN2/c1-7-2-5-11(14-7)15-10-4-3-8(13)6-9(10)12/h3-4,6-7H,2,5H2,1H3,(H,14,15). The average Bonchev–Trinajstić information content (AvgIpc) is 2.56. The topological polar surface area (TPSA) is 24.4 Å². The Bertz CT molecular complexity index is 404. The Hall–Kier alpha value is -0.290. The van der Waals surface area contributed by atoms with Crippen LogP contribution in [0.25, 0.3) is 0 Å². The van der Waals surface area contributed by atoms with E-state index in [4.69, 9.17) is 11.6 Å². The minimum Gasteiger partial charge on any atom is -0.343 e. The van der Waals surface area contributed by atoms with Crippen LogP contribution in [0.15, 0.2) is 23.2 Å². The number of aliphatic imine (C=N–C) groups is 1. The Kier molecular flexibility index (Phi) is 3.51. The molecule has 1 aromatic rings. The smallest absolute Gasteiger partial charge is 0.101 e. The lowest BCUT2D eigenvalue weighted by atomic mass is 10.2. The van der Waals surface area contributed by atoms with E-state index in [1.165, 1.54) is 0 Å². The van der Waals surface area contributed by atoms with Crippen molar-refractivity contribution in [3.05, 3.63) is 26.8 Å². The van der Waals surface area contributed by atoms with Crippen LogP contribution in [0.5, 0.6) is 0 Å². The summed E-state index contributed by atoms with van der Waals surface area (Å²) in [6.45, 7) is 2.13. The van der Waals surface area contributed by atoms with Crippen LogP contribution in [0.1, 0.15) is 19.8 Å². The zero-order valence-electron chi connectivity index (χ0n) is 8.43. The zero-order chi connectivity index (χ0) is 10.8. The second-order valence-electron chi connectivity index (χ2n) is 3.71. The van der Waals surface area contributed by atoms with Crippen molar-refractivity contribution in [1.29, 1.82) is 0 Å². The molecule has 0 spiro atoms. The predicted octanol–water partition coefficient (Wildman–Crippen LogP) is 3.94. The van der Waals surface area contributed by atoms with Crippen LogP contribution < -0.4 is 5.32 Å². The van der Waals surface area contributed by atoms with Gasteiger partial charge in [0.25, 0.3) is 0 Å². The molecule has 0 saturated carbocycles. The second-order valence-corrected chi connectivity index (χ2v) is 5.37. The fourth-order valence-electron chi connectivity index (χ4n) is 1.58. The van der Waals surface area contributed by atoms with E-state index in [0.717, 1.165) is 33.0 Å². The lowest BCUT2D eigenvalue weighted by Crippen LogP contribution is -2.08.